The van der Waals surface area contributed by atoms with E-state index in [2.05, 4.69) is 32.1 Å². The minimum Gasteiger partial charge on any atom is -0.324 e. The SMILES string of the molecule is CCCn1cc(C(N)C2CCCC2(C)C)cn1. The molecule has 1 fully saturated rings. The lowest BCUT2D eigenvalue weighted by molar-refractivity contribution is 0.222. The summed E-state index contributed by atoms with van der Waals surface area (Å²) >= 11 is 0. The largest absolute Gasteiger partial charge is 0.324 e. The Kier molecular flexibility index (Phi) is 3.57. The predicted molar refractivity (Wildman–Crippen MR) is 70.6 cm³/mol. The molecule has 2 atom stereocenters. The van der Waals surface area contributed by atoms with Crippen molar-refractivity contribution in [3.63, 3.8) is 0 Å². The van der Waals surface area contributed by atoms with Crippen LogP contribution in [0, 0.1) is 11.3 Å². The van der Waals surface area contributed by atoms with Gasteiger partial charge in [-0.1, -0.05) is 27.2 Å². The summed E-state index contributed by atoms with van der Waals surface area (Å²) in [6, 6.07) is 0.151. The van der Waals surface area contributed by atoms with Crippen molar-refractivity contribution in [2.24, 2.45) is 17.1 Å². The minimum absolute atomic E-state index is 0.151. The van der Waals surface area contributed by atoms with Gasteiger partial charge in [0.05, 0.1) is 6.20 Å². The topological polar surface area (TPSA) is 43.8 Å². The van der Waals surface area contributed by atoms with E-state index in [1.807, 2.05) is 10.9 Å². The lowest BCUT2D eigenvalue weighted by Gasteiger charge is -2.31. The summed E-state index contributed by atoms with van der Waals surface area (Å²) in [6.07, 6.45) is 9.07. The van der Waals surface area contributed by atoms with E-state index in [0.717, 1.165) is 13.0 Å². The van der Waals surface area contributed by atoms with Crippen molar-refractivity contribution in [3.8, 4) is 0 Å². The summed E-state index contributed by atoms with van der Waals surface area (Å²) in [5.41, 5.74) is 8.02. The molecule has 1 heterocycles. The summed E-state index contributed by atoms with van der Waals surface area (Å²) in [6.45, 7) is 7.85. The molecule has 0 saturated heterocycles. The normalized spacial score (nSPS) is 25.1. The Bertz CT molecular complexity index is 367. The molecule has 2 unspecified atom stereocenters. The molecular weight excluding hydrogens is 210 g/mol. The van der Waals surface area contributed by atoms with Gasteiger partial charge in [-0.05, 0) is 30.6 Å². The first kappa shape index (κ1) is 12.6. The molecule has 1 aromatic rings. The van der Waals surface area contributed by atoms with Crippen molar-refractivity contribution in [2.45, 2.75) is 59.0 Å². The van der Waals surface area contributed by atoms with Gasteiger partial charge in [-0.25, -0.2) is 0 Å². The first-order valence-corrected chi connectivity index (χ1v) is 6.82. The van der Waals surface area contributed by atoms with Crippen LogP contribution in [0.3, 0.4) is 0 Å². The summed E-state index contributed by atoms with van der Waals surface area (Å²) in [4.78, 5) is 0. The van der Waals surface area contributed by atoms with Crippen LogP contribution in [0.15, 0.2) is 12.4 Å². The first-order valence-electron chi connectivity index (χ1n) is 6.82. The third-order valence-electron chi connectivity index (χ3n) is 4.26. The summed E-state index contributed by atoms with van der Waals surface area (Å²) < 4.78 is 2.01. The molecule has 2 N–H and O–H groups in total. The van der Waals surface area contributed by atoms with Crippen molar-refractivity contribution in [1.29, 1.82) is 0 Å². The maximum absolute atomic E-state index is 6.43. The zero-order valence-electron chi connectivity index (χ0n) is 11.3. The Hall–Kier alpha value is -0.830. The molecule has 0 bridgehead atoms. The van der Waals surface area contributed by atoms with Crippen LogP contribution >= 0.6 is 0 Å². The molecule has 1 saturated carbocycles. The van der Waals surface area contributed by atoms with Gasteiger partial charge in [0.2, 0.25) is 0 Å². The van der Waals surface area contributed by atoms with Crippen LogP contribution in [0.4, 0.5) is 0 Å². The number of nitrogens with two attached hydrogens (primary N) is 1. The molecule has 3 nitrogen and oxygen atoms in total. The standard InChI is InChI=1S/C14H25N3/c1-4-8-17-10-11(9-16-17)13(15)12-6-5-7-14(12,2)3/h9-10,12-13H,4-8,15H2,1-3H3. The Morgan fingerprint density at radius 2 is 2.35 bits per heavy atom. The highest BCUT2D eigenvalue weighted by molar-refractivity contribution is 5.13. The van der Waals surface area contributed by atoms with Crippen molar-refractivity contribution in [3.05, 3.63) is 18.0 Å². The second-order valence-corrected chi connectivity index (χ2v) is 6.05. The summed E-state index contributed by atoms with van der Waals surface area (Å²) in [5, 5.41) is 4.38. The monoisotopic (exact) mass is 235 g/mol. The molecule has 1 aliphatic carbocycles. The van der Waals surface area contributed by atoms with Crippen LogP contribution < -0.4 is 5.73 Å². The van der Waals surface area contributed by atoms with Gasteiger partial charge in [-0.15, -0.1) is 0 Å². The predicted octanol–water partition coefficient (Wildman–Crippen LogP) is 3.12. The van der Waals surface area contributed by atoms with E-state index in [0.29, 0.717) is 11.3 Å². The number of rotatable bonds is 4. The van der Waals surface area contributed by atoms with Crippen molar-refractivity contribution in [2.75, 3.05) is 0 Å². The van der Waals surface area contributed by atoms with E-state index in [9.17, 15) is 0 Å². The van der Waals surface area contributed by atoms with Crippen LogP contribution in [0.5, 0.6) is 0 Å². The molecule has 3 heteroatoms. The molecule has 96 valence electrons. The lowest BCUT2D eigenvalue weighted by Crippen LogP contribution is -2.29. The molecule has 0 aromatic carbocycles. The Morgan fingerprint density at radius 1 is 1.59 bits per heavy atom. The van der Waals surface area contributed by atoms with Gasteiger partial charge in [-0.2, -0.15) is 5.10 Å². The average Bonchev–Trinajstić information content (AvgIpc) is 2.84. The minimum atomic E-state index is 0.151. The van der Waals surface area contributed by atoms with Gasteiger partial charge < -0.3 is 5.73 Å². The first-order chi connectivity index (χ1) is 8.04. The second-order valence-electron chi connectivity index (χ2n) is 6.05. The average molecular weight is 235 g/mol. The van der Waals surface area contributed by atoms with Crippen LogP contribution in [-0.4, -0.2) is 9.78 Å². The van der Waals surface area contributed by atoms with Gasteiger partial charge in [0.15, 0.2) is 0 Å². The number of hydrogen-bond acceptors (Lipinski definition) is 2. The molecule has 0 amide bonds. The fourth-order valence-electron chi connectivity index (χ4n) is 3.15. The molecular formula is C14H25N3. The zero-order chi connectivity index (χ0) is 12.5. The maximum Gasteiger partial charge on any atom is 0.0537 e. The van der Waals surface area contributed by atoms with E-state index in [1.165, 1.54) is 24.8 Å². The van der Waals surface area contributed by atoms with E-state index < -0.39 is 0 Å². The van der Waals surface area contributed by atoms with Crippen LogP contribution in [0.2, 0.25) is 0 Å². The maximum atomic E-state index is 6.43. The molecule has 0 spiro atoms. The van der Waals surface area contributed by atoms with Gasteiger partial charge in [-0.3, -0.25) is 4.68 Å². The quantitative estimate of drug-likeness (QED) is 0.871. The van der Waals surface area contributed by atoms with E-state index >= 15 is 0 Å². The fourth-order valence-corrected chi connectivity index (χ4v) is 3.15. The molecule has 1 aromatic heterocycles. The highest BCUT2D eigenvalue weighted by Crippen LogP contribution is 2.47. The zero-order valence-corrected chi connectivity index (χ0v) is 11.3. The van der Waals surface area contributed by atoms with E-state index in [-0.39, 0.29) is 6.04 Å². The third kappa shape index (κ3) is 2.54. The summed E-state index contributed by atoms with van der Waals surface area (Å²) in [5.74, 6) is 0.599. The Balaban J connectivity index is 2.10. The van der Waals surface area contributed by atoms with Crippen LogP contribution in [0.25, 0.3) is 0 Å². The summed E-state index contributed by atoms with van der Waals surface area (Å²) in [7, 11) is 0. The Labute approximate surface area is 104 Å². The fraction of sp³-hybridized carbons (Fsp3) is 0.786. The van der Waals surface area contributed by atoms with Gasteiger partial charge in [0, 0.05) is 24.3 Å². The smallest absolute Gasteiger partial charge is 0.0537 e. The molecule has 0 aliphatic heterocycles. The highest BCUT2D eigenvalue weighted by atomic mass is 15.3. The highest BCUT2D eigenvalue weighted by Gasteiger charge is 2.38. The molecule has 1 aliphatic rings. The van der Waals surface area contributed by atoms with Gasteiger partial charge >= 0.3 is 0 Å². The van der Waals surface area contributed by atoms with Crippen molar-refractivity contribution < 1.29 is 0 Å². The lowest BCUT2D eigenvalue weighted by atomic mass is 9.76. The van der Waals surface area contributed by atoms with Crippen molar-refractivity contribution >= 4 is 0 Å². The van der Waals surface area contributed by atoms with Crippen molar-refractivity contribution in [1.82, 2.24) is 9.78 Å². The van der Waals surface area contributed by atoms with Gasteiger partial charge in [0.25, 0.3) is 0 Å². The number of nitrogens with zero attached hydrogens (tertiary/aromatic N) is 2. The number of aromatic nitrogens is 2. The van der Waals surface area contributed by atoms with Gasteiger partial charge in [0.1, 0.15) is 0 Å². The number of hydrogen-bond donors (Lipinski definition) is 1. The van der Waals surface area contributed by atoms with Crippen LogP contribution in [0.1, 0.15) is 58.1 Å². The van der Waals surface area contributed by atoms with Crippen LogP contribution in [-0.2, 0) is 6.54 Å². The van der Waals surface area contributed by atoms with E-state index in [4.69, 9.17) is 5.73 Å². The molecule has 0 radical (unpaired) electrons. The van der Waals surface area contributed by atoms with E-state index in [1.54, 1.807) is 0 Å². The second kappa shape index (κ2) is 4.81. The third-order valence-corrected chi connectivity index (χ3v) is 4.26. The molecule has 2 rings (SSSR count). The number of aryl methyl sites for hydroxylation is 1. The Morgan fingerprint density at radius 3 is 2.94 bits per heavy atom. The molecule has 17 heavy (non-hydrogen) atoms.